The molecule has 4 heterocycles. The SMILES string of the molecule is Cc1nc(Br)n(-c2csc(N3C4CC[C@H]3COC4)n2)c1Br. The van der Waals surface area contributed by atoms with Gasteiger partial charge in [-0.05, 0) is 51.6 Å². The monoisotopic (exact) mass is 432 g/mol. The second-order valence-corrected chi connectivity index (χ2v) is 7.71. The number of fused-ring (bicyclic) bond motifs is 2. The van der Waals surface area contributed by atoms with E-state index in [0.29, 0.717) is 12.1 Å². The number of imidazole rings is 1. The van der Waals surface area contributed by atoms with Crippen LogP contribution in [0.3, 0.4) is 0 Å². The lowest BCUT2D eigenvalue weighted by Crippen LogP contribution is -2.45. The van der Waals surface area contributed by atoms with Gasteiger partial charge in [-0.1, -0.05) is 0 Å². The van der Waals surface area contributed by atoms with Gasteiger partial charge >= 0.3 is 0 Å². The molecule has 2 bridgehead atoms. The second kappa shape index (κ2) is 5.33. The van der Waals surface area contributed by atoms with E-state index in [0.717, 1.165) is 39.2 Å². The van der Waals surface area contributed by atoms with Crippen molar-refractivity contribution < 1.29 is 4.74 Å². The molecule has 2 atom stereocenters. The standard InChI is InChI=1S/C13H14Br2N4OS/c1-7-11(14)19(12(15)16-7)10-6-21-13(17-10)18-8-2-3-9(18)5-20-4-8/h6,8-9H,2-5H2,1H3/t8-,9?/m0/s1. The molecule has 2 saturated heterocycles. The van der Waals surface area contributed by atoms with E-state index in [-0.39, 0.29) is 0 Å². The number of thiazole rings is 1. The summed E-state index contributed by atoms with van der Waals surface area (Å²) in [4.78, 5) is 11.7. The number of aryl methyl sites for hydroxylation is 1. The molecule has 0 radical (unpaired) electrons. The van der Waals surface area contributed by atoms with Crippen molar-refractivity contribution >= 4 is 48.3 Å². The van der Waals surface area contributed by atoms with Gasteiger partial charge in [0.1, 0.15) is 4.60 Å². The van der Waals surface area contributed by atoms with Gasteiger partial charge in [0.05, 0.1) is 31.0 Å². The number of halogens is 2. The highest BCUT2D eigenvalue weighted by atomic mass is 79.9. The molecule has 8 heteroatoms. The molecule has 0 aliphatic carbocycles. The van der Waals surface area contributed by atoms with Crippen molar-refractivity contribution in [3.8, 4) is 5.82 Å². The van der Waals surface area contributed by atoms with E-state index in [4.69, 9.17) is 9.72 Å². The summed E-state index contributed by atoms with van der Waals surface area (Å²) in [5, 5.41) is 3.17. The third kappa shape index (κ3) is 2.27. The second-order valence-electron chi connectivity index (χ2n) is 5.41. The third-order valence-electron chi connectivity index (χ3n) is 4.11. The van der Waals surface area contributed by atoms with Crippen LogP contribution >= 0.6 is 43.2 Å². The van der Waals surface area contributed by atoms with E-state index < -0.39 is 0 Å². The molecule has 0 saturated carbocycles. The van der Waals surface area contributed by atoms with Crippen LogP contribution in [0.15, 0.2) is 14.7 Å². The number of nitrogens with zero attached hydrogens (tertiary/aromatic N) is 4. The first kappa shape index (κ1) is 14.2. The summed E-state index contributed by atoms with van der Waals surface area (Å²) in [6, 6.07) is 0.971. The van der Waals surface area contributed by atoms with Gasteiger partial charge in [-0.25, -0.2) is 9.97 Å². The first-order valence-corrected chi connectivity index (χ1v) is 9.34. The van der Waals surface area contributed by atoms with Gasteiger partial charge in [0.25, 0.3) is 0 Å². The van der Waals surface area contributed by atoms with E-state index in [1.54, 1.807) is 11.3 Å². The maximum Gasteiger partial charge on any atom is 0.188 e. The smallest absolute Gasteiger partial charge is 0.188 e. The summed E-state index contributed by atoms with van der Waals surface area (Å²) in [6.45, 7) is 3.62. The molecule has 5 nitrogen and oxygen atoms in total. The predicted molar refractivity (Wildman–Crippen MR) is 89.5 cm³/mol. The van der Waals surface area contributed by atoms with Crippen LogP contribution in [0.2, 0.25) is 0 Å². The van der Waals surface area contributed by atoms with Gasteiger partial charge in [-0.15, -0.1) is 11.3 Å². The summed E-state index contributed by atoms with van der Waals surface area (Å²) < 4.78 is 9.34. The molecule has 2 aromatic rings. The van der Waals surface area contributed by atoms with Crippen LogP contribution < -0.4 is 4.90 Å². The van der Waals surface area contributed by atoms with Crippen LogP contribution in [0.25, 0.3) is 5.82 Å². The third-order valence-corrected chi connectivity index (χ3v) is 6.41. The number of anilines is 1. The lowest BCUT2D eigenvalue weighted by Gasteiger charge is -2.34. The maximum atomic E-state index is 5.65. The average molecular weight is 434 g/mol. The van der Waals surface area contributed by atoms with Crippen LogP contribution in [0.1, 0.15) is 18.5 Å². The fraction of sp³-hybridized carbons (Fsp3) is 0.538. The Balaban J connectivity index is 1.70. The van der Waals surface area contributed by atoms with Gasteiger partial charge in [-0.2, -0.15) is 0 Å². The Morgan fingerprint density at radius 1 is 1.24 bits per heavy atom. The van der Waals surface area contributed by atoms with Crippen molar-refractivity contribution in [3.05, 3.63) is 20.4 Å². The highest BCUT2D eigenvalue weighted by molar-refractivity contribution is 9.11. The van der Waals surface area contributed by atoms with Crippen molar-refractivity contribution in [3.63, 3.8) is 0 Å². The maximum absolute atomic E-state index is 5.65. The fourth-order valence-corrected chi connectivity index (χ4v) is 5.33. The summed E-state index contributed by atoms with van der Waals surface area (Å²) in [7, 11) is 0. The summed E-state index contributed by atoms with van der Waals surface area (Å²) >= 11 is 8.77. The topological polar surface area (TPSA) is 43.2 Å². The van der Waals surface area contributed by atoms with Gasteiger partial charge in [-0.3, -0.25) is 4.57 Å². The lowest BCUT2D eigenvalue weighted by molar-refractivity contribution is 0.0906. The van der Waals surface area contributed by atoms with Crippen LogP contribution in [0, 0.1) is 6.92 Å². The summed E-state index contributed by atoms with van der Waals surface area (Å²) in [5.74, 6) is 0.903. The van der Waals surface area contributed by atoms with Crippen LogP contribution in [-0.2, 0) is 4.74 Å². The molecule has 2 aliphatic rings. The van der Waals surface area contributed by atoms with Crippen molar-refractivity contribution in [2.24, 2.45) is 0 Å². The minimum atomic E-state index is 0.485. The minimum absolute atomic E-state index is 0.485. The Morgan fingerprint density at radius 2 is 1.95 bits per heavy atom. The summed E-state index contributed by atoms with van der Waals surface area (Å²) in [6.07, 6.45) is 2.41. The van der Waals surface area contributed by atoms with Crippen LogP contribution in [-0.4, -0.2) is 39.8 Å². The Bertz CT molecular complexity index is 670. The highest BCUT2D eigenvalue weighted by Crippen LogP contribution is 2.37. The molecule has 2 fully saturated rings. The van der Waals surface area contributed by atoms with E-state index in [2.05, 4.69) is 47.1 Å². The van der Waals surface area contributed by atoms with E-state index in [9.17, 15) is 0 Å². The quantitative estimate of drug-likeness (QED) is 0.726. The zero-order valence-electron chi connectivity index (χ0n) is 11.4. The van der Waals surface area contributed by atoms with Crippen molar-refractivity contribution in [1.29, 1.82) is 0 Å². The molecule has 4 rings (SSSR count). The highest BCUT2D eigenvalue weighted by Gasteiger charge is 2.39. The number of ether oxygens (including phenoxy) is 1. The zero-order valence-corrected chi connectivity index (χ0v) is 15.4. The van der Waals surface area contributed by atoms with Crippen LogP contribution in [0.5, 0.6) is 0 Å². The molecule has 2 aromatic heterocycles. The van der Waals surface area contributed by atoms with E-state index in [1.165, 1.54) is 12.8 Å². The lowest BCUT2D eigenvalue weighted by atomic mass is 10.2. The van der Waals surface area contributed by atoms with Gasteiger partial charge in [0.2, 0.25) is 0 Å². The van der Waals surface area contributed by atoms with Crippen LogP contribution in [0.4, 0.5) is 5.13 Å². The Labute approximate surface area is 143 Å². The number of rotatable bonds is 2. The molecule has 21 heavy (non-hydrogen) atoms. The molecule has 112 valence electrons. The zero-order chi connectivity index (χ0) is 14.6. The number of hydrogen-bond donors (Lipinski definition) is 0. The van der Waals surface area contributed by atoms with Crippen molar-refractivity contribution in [2.75, 3.05) is 18.1 Å². The number of morpholine rings is 1. The normalized spacial score (nSPS) is 24.8. The van der Waals surface area contributed by atoms with Crippen molar-refractivity contribution in [2.45, 2.75) is 31.8 Å². The molecule has 1 unspecified atom stereocenters. The average Bonchev–Trinajstić information content (AvgIpc) is 3.07. The molecule has 0 spiro atoms. The molecule has 0 amide bonds. The molecular formula is C13H14Br2N4OS. The van der Waals surface area contributed by atoms with E-state index >= 15 is 0 Å². The Kier molecular flexibility index (Phi) is 3.60. The van der Waals surface area contributed by atoms with Crippen molar-refractivity contribution in [1.82, 2.24) is 14.5 Å². The fourth-order valence-electron chi connectivity index (χ4n) is 3.09. The van der Waals surface area contributed by atoms with Gasteiger partial charge < -0.3 is 9.64 Å². The molecule has 2 aliphatic heterocycles. The molecule has 0 aromatic carbocycles. The molecular weight excluding hydrogens is 420 g/mol. The summed E-state index contributed by atoms with van der Waals surface area (Å²) in [5.41, 5.74) is 0.947. The Hall–Kier alpha value is -0.440. The number of aromatic nitrogens is 3. The number of hydrogen-bond acceptors (Lipinski definition) is 5. The minimum Gasteiger partial charge on any atom is -0.377 e. The van der Waals surface area contributed by atoms with Gasteiger partial charge in [0, 0.05) is 5.38 Å². The first-order valence-electron chi connectivity index (χ1n) is 6.87. The first-order chi connectivity index (χ1) is 10.1. The predicted octanol–water partition coefficient (Wildman–Crippen LogP) is 3.53. The van der Waals surface area contributed by atoms with E-state index in [1.807, 2.05) is 11.5 Å². The Morgan fingerprint density at radius 3 is 2.57 bits per heavy atom. The van der Waals surface area contributed by atoms with Gasteiger partial charge in [0.15, 0.2) is 15.7 Å². The molecule has 0 N–H and O–H groups in total. The largest absolute Gasteiger partial charge is 0.377 e.